The number of ether oxygens (including phenoxy) is 2. The summed E-state index contributed by atoms with van der Waals surface area (Å²) in [6.07, 6.45) is -0.898. The van der Waals surface area contributed by atoms with Gasteiger partial charge in [0.2, 0.25) is 0 Å². The predicted molar refractivity (Wildman–Crippen MR) is 113 cm³/mol. The summed E-state index contributed by atoms with van der Waals surface area (Å²) in [5.41, 5.74) is -0.700. The Kier molecular flexibility index (Phi) is 5.91. The molecule has 1 aliphatic rings. The molecule has 0 radical (unpaired) electrons. The fourth-order valence-electron chi connectivity index (χ4n) is 3.15. The highest BCUT2D eigenvalue weighted by atomic mass is 79.9. The van der Waals surface area contributed by atoms with Crippen molar-refractivity contribution in [2.24, 2.45) is 0 Å². The molecule has 28 heavy (non-hydrogen) atoms. The highest BCUT2D eigenvalue weighted by Gasteiger charge is 2.42. The van der Waals surface area contributed by atoms with Gasteiger partial charge in [0.05, 0.1) is 11.0 Å². The molecule has 1 N–H and O–H groups in total. The Labute approximate surface area is 180 Å². The van der Waals surface area contributed by atoms with Crippen LogP contribution in [0.4, 0.5) is 4.79 Å². The van der Waals surface area contributed by atoms with Crippen LogP contribution in [0.2, 0.25) is 0 Å². The SMILES string of the molecule is CC(C)(C)OC(=O)N1C[C@H](Oc2ccc3cc(Br)ccc3c2Br)C[C@H]1C(=O)O. The number of carboxylic acids is 1. The van der Waals surface area contributed by atoms with Crippen LogP contribution >= 0.6 is 31.9 Å². The van der Waals surface area contributed by atoms with Crippen molar-refractivity contribution in [1.82, 2.24) is 4.90 Å². The van der Waals surface area contributed by atoms with E-state index in [0.717, 1.165) is 19.7 Å². The molecule has 3 rings (SSSR count). The predicted octanol–water partition coefficient (Wildman–Crippen LogP) is 5.21. The first kappa shape index (κ1) is 20.9. The van der Waals surface area contributed by atoms with Gasteiger partial charge in [-0.3, -0.25) is 4.90 Å². The number of amides is 1. The average Bonchev–Trinajstić information content (AvgIpc) is 3.00. The Balaban J connectivity index is 1.80. The first-order valence-corrected chi connectivity index (χ1v) is 10.4. The van der Waals surface area contributed by atoms with E-state index in [1.54, 1.807) is 20.8 Å². The highest BCUT2D eigenvalue weighted by Crippen LogP contribution is 2.36. The average molecular weight is 515 g/mol. The maximum absolute atomic E-state index is 12.4. The molecule has 1 saturated heterocycles. The van der Waals surface area contributed by atoms with Crippen LogP contribution in [0.25, 0.3) is 10.8 Å². The van der Waals surface area contributed by atoms with E-state index in [-0.39, 0.29) is 13.0 Å². The Morgan fingerprint density at radius 3 is 2.54 bits per heavy atom. The van der Waals surface area contributed by atoms with Crippen LogP contribution in [0.15, 0.2) is 39.3 Å². The van der Waals surface area contributed by atoms with E-state index in [9.17, 15) is 14.7 Å². The van der Waals surface area contributed by atoms with Gasteiger partial charge in [0.15, 0.2) is 0 Å². The lowest BCUT2D eigenvalue weighted by atomic mass is 10.1. The van der Waals surface area contributed by atoms with E-state index in [1.165, 1.54) is 4.90 Å². The topological polar surface area (TPSA) is 76.1 Å². The number of fused-ring (bicyclic) bond motifs is 1. The zero-order chi connectivity index (χ0) is 20.6. The van der Waals surface area contributed by atoms with Gasteiger partial charge < -0.3 is 14.6 Å². The van der Waals surface area contributed by atoms with Crippen LogP contribution in [0, 0.1) is 0 Å². The van der Waals surface area contributed by atoms with Crippen molar-refractivity contribution in [2.45, 2.75) is 44.9 Å². The van der Waals surface area contributed by atoms with Crippen molar-refractivity contribution in [2.75, 3.05) is 6.54 Å². The molecule has 1 aliphatic heterocycles. The quantitative estimate of drug-likeness (QED) is 0.608. The molecule has 2 aromatic rings. The van der Waals surface area contributed by atoms with Crippen molar-refractivity contribution in [3.8, 4) is 5.75 Å². The van der Waals surface area contributed by atoms with Crippen molar-refractivity contribution in [3.63, 3.8) is 0 Å². The molecule has 8 heteroatoms. The van der Waals surface area contributed by atoms with Crippen molar-refractivity contribution >= 4 is 54.7 Å². The molecule has 150 valence electrons. The molecule has 0 saturated carbocycles. The molecule has 0 aliphatic carbocycles. The van der Waals surface area contributed by atoms with Crippen molar-refractivity contribution < 1.29 is 24.2 Å². The first-order chi connectivity index (χ1) is 13.0. The van der Waals surface area contributed by atoms with Gasteiger partial charge in [0, 0.05) is 10.9 Å². The highest BCUT2D eigenvalue weighted by molar-refractivity contribution is 9.11. The summed E-state index contributed by atoms with van der Waals surface area (Å²) in [7, 11) is 0. The van der Waals surface area contributed by atoms with Gasteiger partial charge in [0.25, 0.3) is 0 Å². The van der Waals surface area contributed by atoms with Crippen LogP contribution in [-0.4, -0.2) is 46.4 Å². The Hall–Kier alpha value is -1.80. The van der Waals surface area contributed by atoms with E-state index in [1.807, 2.05) is 30.3 Å². The second kappa shape index (κ2) is 7.91. The molecular weight excluding hydrogens is 494 g/mol. The van der Waals surface area contributed by atoms with Gasteiger partial charge in [-0.15, -0.1) is 0 Å². The number of halogens is 2. The first-order valence-electron chi connectivity index (χ1n) is 8.82. The molecule has 0 unspecified atom stereocenters. The number of rotatable bonds is 3. The minimum atomic E-state index is -1.07. The zero-order valence-electron chi connectivity index (χ0n) is 15.7. The molecular formula is C20H21Br2NO5. The number of carbonyl (C=O) groups is 2. The Bertz CT molecular complexity index is 925. The molecule has 0 spiro atoms. The lowest BCUT2D eigenvalue weighted by molar-refractivity contribution is -0.142. The van der Waals surface area contributed by atoms with Gasteiger partial charge in [-0.2, -0.15) is 0 Å². The summed E-state index contributed by atoms with van der Waals surface area (Å²) in [6, 6.07) is 8.72. The third kappa shape index (κ3) is 4.60. The number of likely N-dealkylation sites (tertiary alicyclic amines) is 1. The standard InChI is InChI=1S/C20H21Br2NO5/c1-20(2,3)28-19(26)23-10-13(9-15(23)18(24)25)27-16-7-4-11-8-12(21)5-6-14(11)17(16)22/h4-8,13,15H,9-10H2,1-3H3,(H,24,25)/t13-,15+/m1/s1. The molecule has 1 heterocycles. The van der Waals surface area contributed by atoms with E-state index in [4.69, 9.17) is 9.47 Å². The molecule has 6 nitrogen and oxygen atoms in total. The van der Waals surface area contributed by atoms with Gasteiger partial charge in [0.1, 0.15) is 23.5 Å². The molecule has 1 fully saturated rings. The summed E-state index contributed by atoms with van der Waals surface area (Å²) in [4.78, 5) is 25.3. The Morgan fingerprint density at radius 2 is 1.89 bits per heavy atom. The lowest BCUT2D eigenvalue weighted by Gasteiger charge is -2.26. The van der Waals surface area contributed by atoms with E-state index in [2.05, 4.69) is 31.9 Å². The van der Waals surface area contributed by atoms with Crippen LogP contribution in [0.5, 0.6) is 5.75 Å². The van der Waals surface area contributed by atoms with Crippen molar-refractivity contribution in [3.05, 3.63) is 39.3 Å². The maximum Gasteiger partial charge on any atom is 0.411 e. The number of nitrogens with zero attached hydrogens (tertiary/aromatic N) is 1. The van der Waals surface area contributed by atoms with Gasteiger partial charge in [-0.05, 0) is 65.7 Å². The molecule has 0 bridgehead atoms. The number of carbonyl (C=O) groups excluding carboxylic acids is 1. The summed E-state index contributed by atoms with van der Waals surface area (Å²) < 4.78 is 13.2. The fourth-order valence-corrected chi connectivity index (χ4v) is 4.12. The van der Waals surface area contributed by atoms with Crippen LogP contribution in [0.3, 0.4) is 0 Å². The van der Waals surface area contributed by atoms with Gasteiger partial charge in [-0.25, -0.2) is 9.59 Å². The molecule has 2 atom stereocenters. The third-order valence-corrected chi connectivity index (χ3v) is 5.66. The maximum atomic E-state index is 12.4. The number of carboxylic acid groups (broad SMARTS) is 1. The number of aliphatic carboxylic acids is 1. The second-order valence-corrected chi connectivity index (χ2v) is 9.41. The third-order valence-electron chi connectivity index (χ3n) is 4.35. The molecule has 0 aromatic heterocycles. The Morgan fingerprint density at radius 1 is 1.18 bits per heavy atom. The van der Waals surface area contributed by atoms with Crippen molar-refractivity contribution in [1.29, 1.82) is 0 Å². The van der Waals surface area contributed by atoms with Gasteiger partial charge >= 0.3 is 12.1 Å². The summed E-state index contributed by atoms with van der Waals surface area (Å²) in [6.45, 7) is 5.39. The summed E-state index contributed by atoms with van der Waals surface area (Å²) in [5, 5.41) is 11.5. The van der Waals surface area contributed by atoms with E-state index in [0.29, 0.717) is 5.75 Å². The van der Waals surface area contributed by atoms with Crippen LogP contribution in [-0.2, 0) is 9.53 Å². The van der Waals surface area contributed by atoms with E-state index >= 15 is 0 Å². The fraction of sp³-hybridized carbons (Fsp3) is 0.400. The minimum Gasteiger partial charge on any atom is -0.487 e. The lowest BCUT2D eigenvalue weighted by Crippen LogP contribution is -2.43. The molecule has 2 aromatic carbocycles. The minimum absolute atomic E-state index is 0.149. The zero-order valence-corrected chi connectivity index (χ0v) is 18.9. The second-order valence-electron chi connectivity index (χ2n) is 7.71. The summed E-state index contributed by atoms with van der Waals surface area (Å²) in [5.74, 6) is -0.464. The van der Waals surface area contributed by atoms with E-state index < -0.39 is 29.8 Å². The summed E-state index contributed by atoms with van der Waals surface area (Å²) >= 11 is 7.04. The van der Waals surface area contributed by atoms with Gasteiger partial charge in [-0.1, -0.05) is 28.1 Å². The number of hydrogen-bond donors (Lipinski definition) is 1. The molecule has 1 amide bonds. The normalized spacial score (nSPS) is 19.7. The van der Waals surface area contributed by atoms with Crippen LogP contribution < -0.4 is 4.74 Å². The number of benzene rings is 2. The smallest absolute Gasteiger partial charge is 0.411 e. The van der Waals surface area contributed by atoms with Crippen LogP contribution in [0.1, 0.15) is 27.2 Å². The number of hydrogen-bond acceptors (Lipinski definition) is 4. The largest absolute Gasteiger partial charge is 0.487 e. The monoisotopic (exact) mass is 513 g/mol.